The Hall–Kier alpha value is -1.80. The zero-order valence-electron chi connectivity index (χ0n) is 15.5. The number of benzene rings is 1. The zero-order chi connectivity index (χ0) is 19.2. The van der Waals surface area contributed by atoms with Crippen LogP contribution in [-0.4, -0.2) is 62.7 Å². The van der Waals surface area contributed by atoms with Crippen molar-refractivity contribution in [3.63, 3.8) is 0 Å². The highest BCUT2D eigenvalue weighted by Gasteiger charge is 2.20. The number of nitrogens with zero attached hydrogens (tertiary/aromatic N) is 2. The molecule has 0 atom stereocenters. The minimum Gasteiger partial charge on any atom is -0.497 e. The second-order valence-corrected chi connectivity index (χ2v) is 8.17. The summed E-state index contributed by atoms with van der Waals surface area (Å²) in [6.45, 7) is 4.87. The van der Waals surface area contributed by atoms with Crippen molar-refractivity contribution in [3.8, 4) is 11.5 Å². The number of anilines is 1. The van der Waals surface area contributed by atoms with Crippen LogP contribution in [0.2, 0.25) is 4.34 Å². The summed E-state index contributed by atoms with van der Waals surface area (Å²) in [6.07, 6.45) is 0. The molecule has 0 saturated carbocycles. The SMILES string of the molecule is COc1ccc(OC)c(NC(=O)CN2CCN(Cc3ccc(Cl)s3)CC2)c1. The van der Waals surface area contributed by atoms with E-state index >= 15 is 0 Å². The molecule has 1 N–H and O–H groups in total. The van der Waals surface area contributed by atoms with Crippen LogP contribution in [0.3, 0.4) is 0 Å². The Bertz CT molecular complexity index is 775. The molecule has 0 aliphatic carbocycles. The van der Waals surface area contributed by atoms with Gasteiger partial charge in [0.2, 0.25) is 5.91 Å². The van der Waals surface area contributed by atoms with E-state index in [1.165, 1.54) is 4.88 Å². The topological polar surface area (TPSA) is 54.0 Å². The Labute approximate surface area is 168 Å². The van der Waals surface area contributed by atoms with Crippen molar-refractivity contribution in [3.05, 3.63) is 39.5 Å². The molecule has 1 amide bonds. The highest BCUT2D eigenvalue weighted by molar-refractivity contribution is 7.16. The Balaban J connectivity index is 1.48. The van der Waals surface area contributed by atoms with E-state index in [1.807, 2.05) is 6.07 Å². The molecule has 2 heterocycles. The van der Waals surface area contributed by atoms with Gasteiger partial charge in [0.05, 0.1) is 30.8 Å². The molecule has 1 saturated heterocycles. The molecule has 1 aliphatic heterocycles. The molecule has 27 heavy (non-hydrogen) atoms. The summed E-state index contributed by atoms with van der Waals surface area (Å²) >= 11 is 7.62. The lowest BCUT2D eigenvalue weighted by Crippen LogP contribution is -2.48. The van der Waals surface area contributed by atoms with Gasteiger partial charge in [-0.25, -0.2) is 0 Å². The summed E-state index contributed by atoms with van der Waals surface area (Å²) in [5, 5.41) is 2.93. The van der Waals surface area contributed by atoms with Gasteiger partial charge in [0.1, 0.15) is 11.5 Å². The van der Waals surface area contributed by atoms with Gasteiger partial charge in [-0.15, -0.1) is 11.3 Å². The minimum absolute atomic E-state index is 0.0555. The maximum Gasteiger partial charge on any atom is 0.238 e. The van der Waals surface area contributed by atoms with Crippen LogP contribution in [0.5, 0.6) is 11.5 Å². The number of rotatable bonds is 7. The van der Waals surface area contributed by atoms with Gasteiger partial charge in [-0.05, 0) is 24.3 Å². The quantitative estimate of drug-likeness (QED) is 0.761. The summed E-state index contributed by atoms with van der Waals surface area (Å²) in [6, 6.07) is 9.36. The van der Waals surface area contributed by atoms with Crippen LogP contribution in [0.15, 0.2) is 30.3 Å². The molecule has 0 spiro atoms. The molecule has 0 radical (unpaired) electrons. The third kappa shape index (κ3) is 5.59. The van der Waals surface area contributed by atoms with E-state index in [4.69, 9.17) is 21.1 Å². The molecule has 3 rings (SSSR count). The lowest BCUT2D eigenvalue weighted by Gasteiger charge is -2.34. The van der Waals surface area contributed by atoms with Crippen LogP contribution in [0.25, 0.3) is 0 Å². The smallest absolute Gasteiger partial charge is 0.238 e. The van der Waals surface area contributed by atoms with E-state index < -0.39 is 0 Å². The number of piperazine rings is 1. The van der Waals surface area contributed by atoms with Gasteiger partial charge in [0.25, 0.3) is 0 Å². The molecule has 0 unspecified atom stereocenters. The lowest BCUT2D eigenvalue weighted by atomic mass is 10.2. The predicted molar refractivity (Wildman–Crippen MR) is 109 cm³/mol. The molecule has 1 aromatic heterocycles. The standard InChI is InChI=1S/C19H24ClN3O3S/c1-25-14-3-5-17(26-2)16(11-14)21-19(24)13-23-9-7-22(8-10-23)12-15-4-6-18(20)27-15/h3-6,11H,7-10,12-13H2,1-2H3,(H,21,24). The van der Waals surface area contributed by atoms with E-state index in [1.54, 1.807) is 43.8 Å². The van der Waals surface area contributed by atoms with Crippen molar-refractivity contribution < 1.29 is 14.3 Å². The molecule has 1 aliphatic rings. The van der Waals surface area contributed by atoms with Crippen molar-refractivity contribution in [2.45, 2.75) is 6.54 Å². The summed E-state index contributed by atoms with van der Waals surface area (Å²) in [5.74, 6) is 1.23. The van der Waals surface area contributed by atoms with Crippen molar-refractivity contribution >= 4 is 34.5 Å². The number of nitrogens with one attached hydrogen (secondary N) is 1. The van der Waals surface area contributed by atoms with Crippen LogP contribution in [-0.2, 0) is 11.3 Å². The van der Waals surface area contributed by atoms with E-state index in [9.17, 15) is 4.79 Å². The molecule has 8 heteroatoms. The Morgan fingerprint density at radius 3 is 2.48 bits per heavy atom. The molecule has 0 bridgehead atoms. The zero-order valence-corrected chi connectivity index (χ0v) is 17.1. The van der Waals surface area contributed by atoms with Crippen LogP contribution in [0.4, 0.5) is 5.69 Å². The predicted octanol–water partition coefficient (Wildman–Crippen LogP) is 3.18. The molecule has 146 valence electrons. The van der Waals surface area contributed by atoms with E-state index in [0.717, 1.165) is 37.1 Å². The lowest BCUT2D eigenvalue weighted by molar-refractivity contribution is -0.117. The van der Waals surface area contributed by atoms with Gasteiger partial charge in [-0.3, -0.25) is 14.6 Å². The molecule has 2 aromatic rings. The maximum atomic E-state index is 12.4. The Kier molecular flexibility index (Phi) is 6.95. The first-order valence-corrected chi connectivity index (χ1v) is 9.97. The van der Waals surface area contributed by atoms with Gasteiger partial charge in [-0.1, -0.05) is 11.6 Å². The first-order valence-electron chi connectivity index (χ1n) is 8.78. The number of ether oxygens (including phenoxy) is 2. The number of thiophene rings is 1. The van der Waals surface area contributed by atoms with Crippen molar-refractivity contribution in [1.82, 2.24) is 9.80 Å². The Morgan fingerprint density at radius 2 is 1.85 bits per heavy atom. The summed E-state index contributed by atoms with van der Waals surface area (Å²) in [5.41, 5.74) is 0.620. The highest BCUT2D eigenvalue weighted by Crippen LogP contribution is 2.29. The van der Waals surface area contributed by atoms with Gasteiger partial charge < -0.3 is 14.8 Å². The van der Waals surface area contributed by atoms with E-state index in [2.05, 4.69) is 21.2 Å². The van der Waals surface area contributed by atoms with Crippen molar-refractivity contribution in [2.75, 3.05) is 52.3 Å². The third-order valence-corrected chi connectivity index (χ3v) is 5.74. The van der Waals surface area contributed by atoms with Gasteiger partial charge in [-0.2, -0.15) is 0 Å². The average molecular weight is 410 g/mol. The fourth-order valence-corrected chi connectivity index (χ4v) is 4.20. The number of amides is 1. The van der Waals surface area contributed by atoms with Crippen LogP contribution in [0, 0.1) is 0 Å². The average Bonchev–Trinajstić information content (AvgIpc) is 3.08. The van der Waals surface area contributed by atoms with Crippen LogP contribution >= 0.6 is 22.9 Å². The number of carbonyl (C=O) groups excluding carboxylic acids is 1. The number of methoxy groups -OCH3 is 2. The number of carbonyl (C=O) groups is 1. The first kappa shape index (κ1) is 19.9. The normalized spacial score (nSPS) is 15.5. The van der Waals surface area contributed by atoms with Gasteiger partial charge in [0.15, 0.2) is 0 Å². The largest absolute Gasteiger partial charge is 0.497 e. The van der Waals surface area contributed by atoms with Gasteiger partial charge in [0, 0.05) is 43.7 Å². The van der Waals surface area contributed by atoms with Crippen molar-refractivity contribution in [1.29, 1.82) is 0 Å². The number of hydrogen-bond donors (Lipinski definition) is 1. The molecular weight excluding hydrogens is 386 g/mol. The van der Waals surface area contributed by atoms with E-state index in [0.29, 0.717) is 23.7 Å². The van der Waals surface area contributed by atoms with Crippen LogP contribution < -0.4 is 14.8 Å². The maximum absolute atomic E-state index is 12.4. The molecular formula is C19H24ClN3O3S. The van der Waals surface area contributed by atoms with E-state index in [-0.39, 0.29) is 5.91 Å². The second kappa shape index (κ2) is 9.41. The monoisotopic (exact) mass is 409 g/mol. The highest BCUT2D eigenvalue weighted by atomic mass is 35.5. The fraction of sp³-hybridized carbons (Fsp3) is 0.421. The fourth-order valence-electron chi connectivity index (χ4n) is 3.07. The summed E-state index contributed by atoms with van der Waals surface area (Å²) < 4.78 is 11.4. The first-order chi connectivity index (χ1) is 13.1. The van der Waals surface area contributed by atoms with Gasteiger partial charge >= 0.3 is 0 Å². The summed E-state index contributed by atoms with van der Waals surface area (Å²) in [4.78, 5) is 18.3. The number of hydrogen-bond acceptors (Lipinski definition) is 6. The molecule has 1 fully saturated rings. The van der Waals surface area contributed by atoms with Crippen molar-refractivity contribution in [2.24, 2.45) is 0 Å². The molecule has 1 aromatic carbocycles. The minimum atomic E-state index is -0.0555. The molecule has 6 nitrogen and oxygen atoms in total. The second-order valence-electron chi connectivity index (χ2n) is 6.37. The van der Waals surface area contributed by atoms with Crippen LogP contribution in [0.1, 0.15) is 4.88 Å². The number of halogens is 1. The summed E-state index contributed by atoms with van der Waals surface area (Å²) in [7, 11) is 3.18. The third-order valence-electron chi connectivity index (χ3n) is 4.52. The Morgan fingerprint density at radius 1 is 1.11 bits per heavy atom.